The van der Waals surface area contributed by atoms with Crippen molar-refractivity contribution in [3.63, 3.8) is 0 Å². The monoisotopic (exact) mass is 469 g/mol. The molecule has 1 saturated carbocycles. The first kappa shape index (κ1) is 21.3. The molecule has 9 heteroatoms. The molecule has 0 radical (unpaired) electrons. The molecule has 1 aliphatic carbocycles. The van der Waals surface area contributed by atoms with E-state index < -0.39 is 11.5 Å². The second-order valence-electron chi connectivity index (χ2n) is 8.98. The summed E-state index contributed by atoms with van der Waals surface area (Å²) >= 11 is 0. The molecule has 2 aromatic heterocycles. The molecule has 0 unspecified atom stereocenters. The molecule has 9 nitrogen and oxygen atoms in total. The van der Waals surface area contributed by atoms with Gasteiger partial charge >= 0.3 is 0 Å². The maximum absolute atomic E-state index is 13.1. The number of fused-ring (bicyclic) bond motifs is 1. The van der Waals surface area contributed by atoms with Crippen LogP contribution in [0.3, 0.4) is 0 Å². The second-order valence-corrected chi connectivity index (χ2v) is 8.98. The van der Waals surface area contributed by atoms with Crippen LogP contribution in [0.5, 0.6) is 0 Å². The lowest BCUT2D eigenvalue weighted by Gasteiger charge is -2.27. The van der Waals surface area contributed by atoms with E-state index in [1.807, 2.05) is 30.3 Å². The number of nitrogens with one attached hydrogen (secondary N) is 4. The summed E-state index contributed by atoms with van der Waals surface area (Å²) in [5.74, 6) is 0.109. The number of amides is 2. The molecule has 2 fully saturated rings. The molecule has 1 aliphatic heterocycles. The van der Waals surface area contributed by atoms with E-state index in [9.17, 15) is 14.4 Å². The first-order chi connectivity index (χ1) is 17.0. The van der Waals surface area contributed by atoms with Gasteiger partial charge in [-0.1, -0.05) is 30.3 Å². The topological polar surface area (TPSA) is 129 Å². The third-order valence-corrected chi connectivity index (χ3v) is 6.35. The van der Waals surface area contributed by atoms with E-state index in [1.54, 1.807) is 24.4 Å². The van der Waals surface area contributed by atoms with Crippen molar-refractivity contribution in [2.45, 2.75) is 24.8 Å². The van der Waals surface area contributed by atoms with Gasteiger partial charge in [-0.3, -0.25) is 14.4 Å². The van der Waals surface area contributed by atoms with Crippen LogP contribution in [0, 0.1) is 0 Å². The van der Waals surface area contributed by atoms with Crippen molar-refractivity contribution in [3.8, 4) is 11.4 Å². The van der Waals surface area contributed by atoms with Crippen molar-refractivity contribution in [2.24, 2.45) is 0 Å². The summed E-state index contributed by atoms with van der Waals surface area (Å²) in [6.07, 6.45) is 3.75. The number of hydrogen-bond acceptors (Lipinski definition) is 5. The van der Waals surface area contributed by atoms with Crippen LogP contribution in [0.4, 0.5) is 5.69 Å². The highest BCUT2D eigenvalue weighted by Gasteiger charge is 2.27. The van der Waals surface area contributed by atoms with E-state index >= 15 is 0 Å². The quantitative estimate of drug-likeness (QED) is 0.345. The normalized spacial score (nSPS) is 15.5. The first-order valence-corrected chi connectivity index (χ1v) is 11.6. The summed E-state index contributed by atoms with van der Waals surface area (Å²) in [7, 11) is 0. The Morgan fingerprint density at radius 1 is 1.00 bits per heavy atom. The highest BCUT2D eigenvalue weighted by atomic mass is 16.5. The third-order valence-electron chi connectivity index (χ3n) is 6.35. The molecular weight excluding hydrogens is 446 g/mol. The van der Waals surface area contributed by atoms with Gasteiger partial charge in [-0.25, -0.2) is 4.98 Å². The van der Waals surface area contributed by atoms with E-state index in [2.05, 4.69) is 25.6 Å². The smallest absolute Gasteiger partial charge is 0.261 e. The molecule has 1 saturated heterocycles. The van der Waals surface area contributed by atoms with Gasteiger partial charge < -0.3 is 25.3 Å². The number of hydrogen-bond donors (Lipinski definition) is 4. The number of carbonyl (C=O) groups excluding carboxylic acids is 2. The number of benzene rings is 2. The average Bonchev–Trinajstić information content (AvgIpc) is 3.60. The minimum absolute atomic E-state index is 0.0141. The highest BCUT2D eigenvalue weighted by Crippen LogP contribution is 2.39. The van der Waals surface area contributed by atoms with Gasteiger partial charge in [-0.2, -0.15) is 0 Å². The van der Waals surface area contributed by atoms with Crippen LogP contribution in [0.25, 0.3) is 22.4 Å². The molecule has 2 amide bonds. The molecule has 176 valence electrons. The average molecular weight is 470 g/mol. The SMILES string of the molecule is O=C(NC1COC1)c1cc2[nH]c(-c3ccccc3)nc2cc1NC(=O)c1cc(C2CC2)c[nH]c1=O. The minimum Gasteiger partial charge on any atom is -0.377 e. The van der Waals surface area contributed by atoms with Crippen molar-refractivity contribution in [1.82, 2.24) is 20.3 Å². The fourth-order valence-corrected chi connectivity index (χ4v) is 4.17. The summed E-state index contributed by atoms with van der Waals surface area (Å²) in [6.45, 7) is 0.891. The Kier molecular flexibility index (Phi) is 5.18. The molecule has 0 bridgehead atoms. The molecule has 0 spiro atoms. The van der Waals surface area contributed by atoms with E-state index in [4.69, 9.17) is 4.74 Å². The summed E-state index contributed by atoms with van der Waals surface area (Å²) in [4.78, 5) is 49.2. The molecule has 35 heavy (non-hydrogen) atoms. The van der Waals surface area contributed by atoms with Crippen LogP contribution in [-0.2, 0) is 4.74 Å². The number of anilines is 1. The van der Waals surface area contributed by atoms with Crippen molar-refractivity contribution < 1.29 is 14.3 Å². The van der Waals surface area contributed by atoms with Crippen LogP contribution in [0.2, 0.25) is 0 Å². The third kappa shape index (κ3) is 4.22. The van der Waals surface area contributed by atoms with Gasteiger partial charge in [0.15, 0.2) is 0 Å². The van der Waals surface area contributed by atoms with Crippen LogP contribution >= 0.6 is 0 Å². The molecule has 2 aromatic carbocycles. The first-order valence-electron chi connectivity index (χ1n) is 11.6. The number of nitrogens with zero attached hydrogens (tertiary/aromatic N) is 1. The number of pyridine rings is 1. The van der Waals surface area contributed by atoms with E-state index in [1.165, 1.54) is 0 Å². The molecule has 4 N–H and O–H groups in total. The zero-order valence-corrected chi connectivity index (χ0v) is 18.8. The summed E-state index contributed by atoms with van der Waals surface area (Å²) in [5.41, 5.74) is 3.17. The fourth-order valence-electron chi connectivity index (χ4n) is 4.17. The maximum atomic E-state index is 13.1. The van der Waals surface area contributed by atoms with E-state index in [0.717, 1.165) is 24.0 Å². The fraction of sp³-hybridized carbons (Fsp3) is 0.231. The predicted molar refractivity (Wildman–Crippen MR) is 131 cm³/mol. The van der Waals surface area contributed by atoms with Gasteiger partial charge in [0, 0.05) is 11.8 Å². The Bertz CT molecular complexity index is 1500. The lowest BCUT2D eigenvalue weighted by Crippen LogP contribution is -2.48. The van der Waals surface area contributed by atoms with Gasteiger partial charge in [0.1, 0.15) is 11.4 Å². The van der Waals surface area contributed by atoms with Gasteiger partial charge in [0.25, 0.3) is 17.4 Å². The zero-order chi connectivity index (χ0) is 23.9. The van der Waals surface area contributed by atoms with Crippen LogP contribution in [-0.4, -0.2) is 46.0 Å². The summed E-state index contributed by atoms with van der Waals surface area (Å²) in [6, 6.07) is 14.5. The molecule has 3 heterocycles. The summed E-state index contributed by atoms with van der Waals surface area (Å²) < 4.78 is 5.16. The van der Waals surface area contributed by atoms with Crippen molar-refractivity contribution in [3.05, 3.63) is 81.8 Å². The number of aromatic amines is 2. The van der Waals surface area contributed by atoms with Crippen LogP contribution in [0.1, 0.15) is 45.0 Å². The Labute approximate surface area is 199 Å². The number of ether oxygens (including phenoxy) is 1. The summed E-state index contributed by atoms with van der Waals surface area (Å²) in [5, 5.41) is 5.70. The van der Waals surface area contributed by atoms with Gasteiger partial charge in [-0.05, 0) is 42.5 Å². The van der Waals surface area contributed by atoms with E-state index in [0.29, 0.717) is 36.0 Å². The van der Waals surface area contributed by atoms with Crippen LogP contribution < -0.4 is 16.2 Å². The standard InChI is InChI=1S/C26H23N5O4/c32-24-19(8-16(11-27-24)14-6-7-14)26(34)31-20-10-22-21(9-18(20)25(33)28-17-12-35-13-17)29-23(30-22)15-4-2-1-3-5-15/h1-5,8-11,14,17H,6-7,12-13H2,(H,27,32)(H,28,33)(H,29,30)(H,31,34). The van der Waals surface area contributed by atoms with Gasteiger partial charge in [-0.15, -0.1) is 0 Å². The van der Waals surface area contributed by atoms with Crippen LogP contribution in [0.15, 0.2) is 59.5 Å². The molecule has 4 aromatic rings. The number of rotatable bonds is 6. The number of aromatic nitrogens is 3. The lowest BCUT2D eigenvalue weighted by atomic mass is 10.1. The lowest BCUT2D eigenvalue weighted by molar-refractivity contribution is -0.00344. The molecule has 0 atom stereocenters. The molecule has 6 rings (SSSR count). The predicted octanol–water partition coefficient (Wildman–Crippen LogP) is 3.18. The zero-order valence-electron chi connectivity index (χ0n) is 18.8. The van der Waals surface area contributed by atoms with Crippen molar-refractivity contribution >= 4 is 28.5 Å². The highest BCUT2D eigenvalue weighted by molar-refractivity contribution is 6.11. The minimum atomic E-state index is -0.576. The Hall–Kier alpha value is -4.24. The van der Waals surface area contributed by atoms with Gasteiger partial charge in [0.2, 0.25) is 0 Å². The molecular formula is C26H23N5O4. The molecule has 2 aliphatic rings. The van der Waals surface area contributed by atoms with E-state index in [-0.39, 0.29) is 28.8 Å². The Morgan fingerprint density at radius 2 is 1.80 bits per heavy atom. The maximum Gasteiger partial charge on any atom is 0.261 e. The van der Waals surface area contributed by atoms with Gasteiger partial charge in [0.05, 0.1) is 41.5 Å². The number of H-pyrrole nitrogens is 2. The second kappa shape index (κ2) is 8.52. The van der Waals surface area contributed by atoms with Crippen molar-refractivity contribution in [1.29, 1.82) is 0 Å². The Balaban J connectivity index is 1.38. The number of carbonyl (C=O) groups is 2. The Morgan fingerprint density at radius 3 is 2.51 bits per heavy atom. The number of imidazole rings is 1. The largest absolute Gasteiger partial charge is 0.377 e. The van der Waals surface area contributed by atoms with Crippen molar-refractivity contribution in [2.75, 3.05) is 18.5 Å².